The monoisotopic (exact) mass is 318 g/mol. The minimum Gasteiger partial charge on any atom is -0.359 e. The van der Waals surface area contributed by atoms with E-state index in [9.17, 15) is 0 Å². The molecule has 2 N–H and O–H groups in total. The van der Waals surface area contributed by atoms with Gasteiger partial charge in [0.05, 0.1) is 5.69 Å². The van der Waals surface area contributed by atoms with E-state index in [4.69, 9.17) is 5.26 Å². The highest BCUT2D eigenvalue weighted by atomic mass is 79.9. The first-order valence-corrected chi connectivity index (χ1v) is 6.43. The Morgan fingerprint density at radius 1 is 1.58 bits per heavy atom. The molecule has 1 aromatic carbocycles. The van der Waals surface area contributed by atoms with Crippen LogP contribution in [0.1, 0.15) is 18.3 Å². The van der Waals surface area contributed by atoms with E-state index in [1.165, 1.54) is 5.56 Å². The minimum atomic E-state index is 0.260. The van der Waals surface area contributed by atoms with Crippen LogP contribution in [0, 0.1) is 11.3 Å². The van der Waals surface area contributed by atoms with Crippen LogP contribution in [0.25, 0.3) is 5.57 Å². The Morgan fingerprint density at radius 2 is 2.42 bits per heavy atom. The molecule has 2 aromatic rings. The zero-order valence-corrected chi connectivity index (χ0v) is 11.8. The fraction of sp³-hybridized carbons (Fsp3) is 0.167. The van der Waals surface area contributed by atoms with E-state index in [1.54, 1.807) is 6.20 Å². The van der Waals surface area contributed by atoms with Crippen molar-refractivity contribution in [2.24, 2.45) is 0 Å². The number of hydrogen-bond donors (Lipinski definition) is 2. The maximum absolute atomic E-state index is 9.04. The van der Waals surface area contributed by atoms with Gasteiger partial charge in [0.1, 0.15) is 11.6 Å². The summed E-state index contributed by atoms with van der Waals surface area (Å²) in [7, 11) is 0. The Kier molecular flexibility index (Phi) is 4.26. The molecule has 0 aliphatic rings. The molecule has 1 aromatic heterocycles. The maximum atomic E-state index is 9.04. The van der Waals surface area contributed by atoms with Crippen LogP contribution in [0.4, 0.5) is 5.69 Å². The summed E-state index contributed by atoms with van der Waals surface area (Å²) in [5, 5.41) is 25.3. The van der Waals surface area contributed by atoms with Gasteiger partial charge in [0, 0.05) is 10.7 Å². The number of halogens is 1. The van der Waals surface area contributed by atoms with Crippen molar-refractivity contribution < 1.29 is 0 Å². The normalized spacial score (nSPS) is 11.1. The fourth-order valence-corrected chi connectivity index (χ4v) is 2.01. The van der Waals surface area contributed by atoms with Crippen LogP contribution < -0.4 is 5.32 Å². The lowest BCUT2D eigenvalue weighted by atomic mass is 10.1. The maximum Gasteiger partial charge on any atom is 0.216 e. The number of aromatic nitrogens is 4. The molecule has 6 nitrogen and oxygen atoms in total. The number of benzene rings is 1. The number of allylic oxidation sites excluding steroid dienone is 1. The zero-order chi connectivity index (χ0) is 13.7. The summed E-state index contributed by atoms with van der Waals surface area (Å²) in [5.41, 5.74) is 2.41. The van der Waals surface area contributed by atoms with Gasteiger partial charge in [0.15, 0.2) is 0 Å². The molecule has 0 radical (unpaired) electrons. The zero-order valence-electron chi connectivity index (χ0n) is 10.2. The standard InChI is InChI=1S/C12H11BrN6/c1-2-8-3-4-11(10(13)5-8)15-7-9(6-14)12-16-18-19-17-12/h3-5,7,15H,2H2,1H3,(H,16,17,18,19). The number of hydrogen-bond acceptors (Lipinski definition) is 5. The molecular formula is C12H11BrN6. The molecule has 0 amide bonds. The van der Waals surface area contributed by atoms with Gasteiger partial charge in [-0.2, -0.15) is 10.5 Å². The highest BCUT2D eigenvalue weighted by Gasteiger charge is 2.06. The molecule has 96 valence electrons. The van der Waals surface area contributed by atoms with Gasteiger partial charge < -0.3 is 5.32 Å². The third-order valence-corrected chi connectivity index (χ3v) is 3.18. The van der Waals surface area contributed by atoms with Crippen LogP contribution in [0.5, 0.6) is 0 Å². The smallest absolute Gasteiger partial charge is 0.216 e. The Morgan fingerprint density at radius 3 is 3.00 bits per heavy atom. The first-order chi connectivity index (χ1) is 9.24. The minimum absolute atomic E-state index is 0.260. The van der Waals surface area contributed by atoms with Gasteiger partial charge in [-0.05, 0) is 45.3 Å². The molecule has 0 saturated heterocycles. The summed E-state index contributed by atoms with van der Waals surface area (Å²) in [6, 6.07) is 8.03. The van der Waals surface area contributed by atoms with Crippen molar-refractivity contribution in [3.8, 4) is 6.07 Å². The summed E-state index contributed by atoms with van der Waals surface area (Å²) in [6.45, 7) is 2.10. The summed E-state index contributed by atoms with van der Waals surface area (Å²) in [5.74, 6) is 0.260. The van der Waals surface area contributed by atoms with Crippen molar-refractivity contribution in [2.75, 3.05) is 5.32 Å². The number of tetrazole rings is 1. The van der Waals surface area contributed by atoms with Crippen molar-refractivity contribution >= 4 is 27.2 Å². The molecule has 2 rings (SSSR count). The average molecular weight is 319 g/mol. The van der Waals surface area contributed by atoms with Crippen molar-refractivity contribution in [3.63, 3.8) is 0 Å². The summed E-state index contributed by atoms with van der Waals surface area (Å²) >= 11 is 3.48. The lowest BCUT2D eigenvalue weighted by Gasteiger charge is -2.06. The molecule has 7 heteroatoms. The number of H-pyrrole nitrogens is 1. The molecular weight excluding hydrogens is 308 g/mol. The second-order valence-electron chi connectivity index (χ2n) is 3.72. The first kappa shape index (κ1) is 13.2. The van der Waals surface area contributed by atoms with Crippen LogP contribution in [0.2, 0.25) is 0 Å². The molecule has 0 atom stereocenters. The Hall–Kier alpha value is -2.20. The van der Waals surface area contributed by atoms with Crippen LogP contribution in [-0.2, 0) is 6.42 Å². The second kappa shape index (κ2) is 6.11. The van der Waals surface area contributed by atoms with E-state index >= 15 is 0 Å². The topological polar surface area (TPSA) is 90.3 Å². The van der Waals surface area contributed by atoms with Crippen molar-refractivity contribution in [2.45, 2.75) is 13.3 Å². The van der Waals surface area contributed by atoms with Gasteiger partial charge in [-0.25, -0.2) is 0 Å². The molecule has 0 bridgehead atoms. The molecule has 0 fully saturated rings. The highest BCUT2D eigenvalue weighted by molar-refractivity contribution is 9.10. The Labute approximate surface area is 118 Å². The predicted octanol–water partition coefficient (Wildman–Crippen LogP) is 2.50. The first-order valence-electron chi connectivity index (χ1n) is 5.63. The van der Waals surface area contributed by atoms with Gasteiger partial charge in [-0.15, -0.1) is 10.2 Å². The quantitative estimate of drug-likeness (QED) is 0.845. The molecule has 1 heterocycles. The van der Waals surface area contributed by atoms with Crippen LogP contribution in [0.3, 0.4) is 0 Å². The van der Waals surface area contributed by atoms with Gasteiger partial charge in [-0.1, -0.05) is 13.0 Å². The molecule has 0 aliphatic carbocycles. The summed E-state index contributed by atoms with van der Waals surface area (Å²) < 4.78 is 0.938. The Bertz CT molecular complexity index is 626. The van der Waals surface area contributed by atoms with Crippen molar-refractivity contribution in [1.82, 2.24) is 20.6 Å². The molecule has 0 spiro atoms. The van der Waals surface area contributed by atoms with Crippen molar-refractivity contribution in [3.05, 3.63) is 40.3 Å². The predicted molar refractivity (Wildman–Crippen MR) is 74.9 cm³/mol. The molecule has 0 aliphatic heterocycles. The highest BCUT2D eigenvalue weighted by Crippen LogP contribution is 2.24. The second-order valence-corrected chi connectivity index (χ2v) is 4.57. The number of aryl methyl sites for hydroxylation is 1. The number of aromatic amines is 1. The van der Waals surface area contributed by atoms with E-state index in [2.05, 4.69) is 48.8 Å². The molecule has 0 unspecified atom stereocenters. The van der Waals surface area contributed by atoms with Crippen LogP contribution in [-0.4, -0.2) is 20.6 Å². The third-order valence-electron chi connectivity index (χ3n) is 2.52. The number of nitrogens with zero attached hydrogens (tertiary/aromatic N) is 4. The lowest BCUT2D eigenvalue weighted by Crippen LogP contribution is -1.94. The molecule has 0 saturated carbocycles. The van der Waals surface area contributed by atoms with E-state index in [-0.39, 0.29) is 5.82 Å². The van der Waals surface area contributed by atoms with Gasteiger partial charge in [0.25, 0.3) is 0 Å². The van der Waals surface area contributed by atoms with Crippen LogP contribution >= 0.6 is 15.9 Å². The van der Waals surface area contributed by atoms with E-state index in [0.717, 1.165) is 16.6 Å². The number of rotatable bonds is 4. The van der Waals surface area contributed by atoms with E-state index < -0.39 is 0 Å². The van der Waals surface area contributed by atoms with Gasteiger partial charge in [-0.3, -0.25) is 0 Å². The largest absolute Gasteiger partial charge is 0.359 e. The SMILES string of the molecule is CCc1ccc(NC=C(C#N)c2nn[nH]n2)c(Br)c1. The van der Waals surface area contributed by atoms with E-state index in [0.29, 0.717) is 5.57 Å². The fourth-order valence-electron chi connectivity index (χ4n) is 1.47. The summed E-state index contributed by atoms with van der Waals surface area (Å²) in [6.07, 6.45) is 2.53. The van der Waals surface area contributed by atoms with Gasteiger partial charge >= 0.3 is 0 Å². The third kappa shape index (κ3) is 3.17. The number of nitrogens with one attached hydrogen (secondary N) is 2. The summed E-state index contributed by atoms with van der Waals surface area (Å²) in [4.78, 5) is 0. The number of nitriles is 1. The molecule has 19 heavy (non-hydrogen) atoms. The van der Waals surface area contributed by atoms with Gasteiger partial charge in [0.2, 0.25) is 5.82 Å². The average Bonchev–Trinajstić information content (AvgIpc) is 2.95. The van der Waals surface area contributed by atoms with Crippen molar-refractivity contribution in [1.29, 1.82) is 5.26 Å². The van der Waals surface area contributed by atoms with Crippen LogP contribution in [0.15, 0.2) is 28.9 Å². The van der Waals surface area contributed by atoms with E-state index in [1.807, 2.05) is 24.3 Å². The Balaban J connectivity index is 2.20. The lowest BCUT2D eigenvalue weighted by molar-refractivity contribution is 0.881. The number of anilines is 1.